The molecule has 8 nitrogen and oxygen atoms in total. The van der Waals surface area contributed by atoms with Crippen LogP contribution in [0, 0.1) is 5.92 Å². The largest absolute Gasteiger partial charge is 0.356 e. The van der Waals surface area contributed by atoms with E-state index in [9.17, 15) is 13.2 Å². The van der Waals surface area contributed by atoms with E-state index in [1.807, 2.05) is 18.5 Å². The molecule has 3 N–H and O–H groups in total. The first kappa shape index (κ1) is 20.3. The number of aryl methyl sites for hydroxylation is 2. The summed E-state index contributed by atoms with van der Waals surface area (Å²) in [6.07, 6.45) is 0.793. The van der Waals surface area contributed by atoms with Gasteiger partial charge in [-0.05, 0) is 30.7 Å². The van der Waals surface area contributed by atoms with E-state index in [2.05, 4.69) is 10.3 Å². The van der Waals surface area contributed by atoms with Gasteiger partial charge in [0, 0.05) is 40.5 Å². The number of rotatable bonds is 8. The monoisotopic (exact) mass is 381 g/mol. The third-order valence-electron chi connectivity index (χ3n) is 4.35. The molecule has 1 atom stereocenters. The maximum Gasteiger partial charge on any atom is 0.242 e. The Labute approximate surface area is 154 Å². The van der Waals surface area contributed by atoms with Gasteiger partial charge in [-0.1, -0.05) is 6.92 Å². The van der Waals surface area contributed by atoms with Crippen molar-refractivity contribution in [1.29, 1.82) is 0 Å². The fraction of sp³-hybridized carbons (Fsp3) is 0.529. The van der Waals surface area contributed by atoms with Crippen LogP contribution < -0.4 is 11.1 Å². The molecule has 1 amide bonds. The van der Waals surface area contributed by atoms with E-state index >= 15 is 0 Å². The summed E-state index contributed by atoms with van der Waals surface area (Å²) in [4.78, 5) is 16.7. The van der Waals surface area contributed by atoms with Crippen molar-refractivity contribution in [3.05, 3.63) is 24.0 Å². The van der Waals surface area contributed by atoms with Gasteiger partial charge in [0.25, 0.3) is 0 Å². The number of carbonyl (C=O) groups excluding carboxylic acids is 1. The van der Waals surface area contributed by atoms with Gasteiger partial charge in [-0.3, -0.25) is 4.79 Å². The molecule has 1 unspecified atom stereocenters. The number of benzene rings is 1. The predicted molar refractivity (Wildman–Crippen MR) is 101 cm³/mol. The minimum absolute atomic E-state index is 0.0479. The Kier molecular flexibility index (Phi) is 6.38. The normalized spacial score (nSPS) is 13.3. The summed E-state index contributed by atoms with van der Waals surface area (Å²) in [6.45, 7) is 3.07. The number of nitrogens with one attached hydrogen (secondary N) is 1. The number of fused-ring (bicyclic) bond motifs is 1. The van der Waals surface area contributed by atoms with E-state index in [1.165, 1.54) is 18.4 Å². The summed E-state index contributed by atoms with van der Waals surface area (Å²) in [7, 11) is 1.34. The molecule has 1 heterocycles. The molecule has 0 spiro atoms. The smallest absolute Gasteiger partial charge is 0.242 e. The molecular weight excluding hydrogens is 354 g/mol. The van der Waals surface area contributed by atoms with Crippen molar-refractivity contribution in [2.75, 3.05) is 27.2 Å². The number of nitrogens with zero attached hydrogens (tertiary/aromatic N) is 3. The summed E-state index contributed by atoms with van der Waals surface area (Å²) in [5, 5.41) is 2.86. The van der Waals surface area contributed by atoms with E-state index in [1.54, 1.807) is 18.2 Å². The molecule has 0 saturated carbocycles. The molecule has 2 aromatic rings. The lowest BCUT2D eigenvalue weighted by Gasteiger charge is -2.11. The number of hydrogen-bond donors (Lipinski definition) is 2. The van der Waals surface area contributed by atoms with Crippen molar-refractivity contribution in [2.24, 2.45) is 18.7 Å². The lowest BCUT2D eigenvalue weighted by molar-refractivity contribution is -0.121. The second kappa shape index (κ2) is 8.15. The van der Waals surface area contributed by atoms with Gasteiger partial charge in [-0.2, -0.15) is 0 Å². The molecule has 0 bridgehead atoms. The lowest BCUT2D eigenvalue weighted by Crippen LogP contribution is -2.31. The molecule has 1 aromatic carbocycles. The van der Waals surface area contributed by atoms with Crippen LogP contribution in [-0.2, 0) is 28.3 Å². The van der Waals surface area contributed by atoms with Crippen molar-refractivity contribution in [3.63, 3.8) is 0 Å². The molecule has 0 aliphatic heterocycles. The Morgan fingerprint density at radius 3 is 2.69 bits per heavy atom. The number of sulfonamides is 1. The van der Waals surface area contributed by atoms with E-state index in [0.717, 1.165) is 11.3 Å². The highest BCUT2D eigenvalue weighted by Gasteiger charge is 2.19. The average molecular weight is 382 g/mol. The van der Waals surface area contributed by atoms with Gasteiger partial charge in [0.2, 0.25) is 15.9 Å². The van der Waals surface area contributed by atoms with E-state index in [0.29, 0.717) is 31.4 Å². The van der Waals surface area contributed by atoms with Crippen molar-refractivity contribution in [2.45, 2.75) is 24.7 Å². The van der Waals surface area contributed by atoms with Crippen LogP contribution >= 0.6 is 0 Å². The second-order valence-electron chi connectivity index (χ2n) is 6.67. The number of nitrogens with two attached hydrogens (primary N) is 1. The molecule has 2 rings (SSSR count). The summed E-state index contributed by atoms with van der Waals surface area (Å²) in [6, 6.07) is 4.88. The quantitative estimate of drug-likeness (QED) is 0.690. The van der Waals surface area contributed by atoms with Crippen LogP contribution in [0.25, 0.3) is 11.0 Å². The second-order valence-corrected chi connectivity index (χ2v) is 8.82. The van der Waals surface area contributed by atoms with Crippen LogP contribution in [0.5, 0.6) is 0 Å². The van der Waals surface area contributed by atoms with Crippen LogP contribution in [0.3, 0.4) is 0 Å². The topological polar surface area (TPSA) is 110 Å². The van der Waals surface area contributed by atoms with Gasteiger partial charge in [0.15, 0.2) is 0 Å². The molecule has 0 aliphatic rings. The van der Waals surface area contributed by atoms with Gasteiger partial charge in [-0.25, -0.2) is 17.7 Å². The average Bonchev–Trinajstić information content (AvgIpc) is 2.93. The molecule has 1 aromatic heterocycles. The number of aromatic nitrogens is 2. The maximum atomic E-state index is 12.3. The maximum absolute atomic E-state index is 12.3. The highest BCUT2D eigenvalue weighted by Crippen LogP contribution is 2.21. The number of imidazole rings is 1. The first-order chi connectivity index (χ1) is 12.2. The van der Waals surface area contributed by atoms with Crippen molar-refractivity contribution >= 4 is 27.0 Å². The fourth-order valence-corrected chi connectivity index (χ4v) is 3.43. The van der Waals surface area contributed by atoms with Crippen LogP contribution in [0.15, 0.2) is 23.1 Å². The highest BCUT2D eigenvalue weighted by molar-refractivity contribution is 7.89. The summed E-state index contributed by atoms with van der Waals surface area (Å²) < 4.78 is 27.6. The van der Waals surface area contributed by atoms with E-state index in [-0.39, 0.29) is 16.7 Å². The Balaban J connectivity index is 2.15. The van der Waals surface area contributed by atoms with E-state index in [4.69, 9.17) is 5.73 Å². The molecular formula is C17H27N5O3S. The summed E-state index contributed by atoms with van der Waals surface area (Å²) in [5.41, 5.74) is 6.97. The standard InChI is InChI=1S/C17H27N5O3S/c1-12(10-18)11-19-17(23)8-7-16-20-14-9-13(26(24,25)21(2)3)5-6-15(14)22(16)4/h5-6,9,12H,7-8,10-11,18H2,1-4H3,(H,19,23). The number of amides is 1. The van der Waals surface area contributed by atoms with Crippen molar-refractivity contribution in [3.8, 4) is 0 Å². The van der Waals surface area contributed by atoms with Crippen LogP contribution in [-0.4, -0.2) is 55.4 Å². The Morgan fingerprint density at radius 2 is 2.08 bits per heavy atom. The molecule has 9 heteroatoms. The SMILES string of the molecule is CC(CN)CNC(=O)CCc1nc2cc(S(=O)(=O)N(C)C)ccc2n1C. The predicted octanol–water partition coefficient (Wildman–Crippen LogP) is 0.467. The molecule has 144 valence electrons. The third kappa shape index (κ3) is 4.40. The first-order valence-electron chi connectivity index (χ1n) is 8.51. The van der Waals surface area contributed by atoms with Crippen molar-refractivity contribution < 1.29 is 13.2 Å². The highest BCUT2D eigenvalue weighted by atomic mass is 32.2. The molecule has 26 heavy (non-hydrogen) atoms. The van der Waals surface area contributed by atoms with Gasteiger partial charge >= 0.3 is 0 Å². The first-order valence-corrected chi connectivity index (χ1v) is 9.95. The van der Waals surface area contributed by atoms with Gasteiger partial charge in [-0.15, -0.1) is 0 Å². The molecule has 0 radical (unpaired) electrons. The lowest BCUT2D eigenvalue weighted by atomic mass is 10.2. The minimum Gasteiger partial charge on any atom is -0.356 e. The van der Waals surface area contributed by atoms with Crippen LogP contribution in [0.4, 0.5) is 0 Å². The molecule has 0 aliphatic carbocycles. The Morgan fingerprint density at radius 1 is 1.38 bits per heavy atom. The van der Waals surface area contributed by atoms with Gasteiger partial charge in [0.1, 0.15) is 5.82 Å². The number of carbonyl (C=O) groups is 1. The minimum atomic E-state index is -3.51. The summed E-state index contributed by atoms with van der Waals surface area (Å²) >= 11 is 0. The molecule has 0 fully saturated rings. The van der Waals surface area contributed by atoms with E-state index < -0.39 is 10.0 Å². The Hall–Kier alpha value is -1.97. The zero-order valence-corrected chi connectivity index (χ0v) is 16.5. The molecule has 0 saturated heterocycles. The van der Waals surface area contributed by atoms with Crippen LogP contribution in [0.2, 0.25) is 0 Å². The zero-order chi connectivity index (χ0) is 19.5. The third-order valence-corrected chi connectivity index (χ3v) is 6.16. The van der Waals surface area contributed by atoms with Gasteiger partial charge < -0.3 is 15.6 Å². The fourth-order valence-electron chi connectivity index (χ4n) is 2.51. The summed E-state index contributed by atoms with van der Waals surface area (Å²) in [5.74, 6) is 0.932. The Bertz CT molecular complexity index is 889. The van der Waals surface area contributed by atoms with Gasteiger partial charge in [0.05, 0.1) is 15.9 Å². The zero-order valence-electron chi connectivity index (χ0n) is 15.7. The van der Waals surface area contributed by atoms with Crippen LogP contribution in [0.1, 0.15) is 19.2 Å². The number of hydrogen-bond acceptors (Lipinski definition) is 5. The van der Waals surface area contributed by atoms with Crippen molar-refractivity contribution in [1.82, 2.24) is 19.2 Å².